The number of aromatic nitrogens is 3. The summed E-state index contributed by atoms with van der Waals surface area (Å²) in [6, 6.07) is 0. The van der Waals surface area contributed by atoms with Crippen LogP contribution in [0.1, 0.15) is 25.7 Å². The van der Waals surface area contributed by atoms with Crippen molar-refractivity contribution in [3.63, 3.8) is 0 Å². The van der Waals surface area contributed by atoms with Crippen LogP contribution < -0.4 is 5.32 Å². The van der Waals surface area contributed by atoms with Crippen LogP contribution in [0.4, 0.5) is 0 Å². The molecule has 1 saturated carbocycles. The topological polar surface area (TPSA) is 92.6 Å². The molecule has 4 rings (SSSR count). The van der Waals surface area contributed by atoms with Gasteiger partial charge in [0.2, 0.25) is 11.8 Å². The predicted octanol–water partition coefficient (Wildman–Crippen LogP) is -0.256. The second-order valence-electron chi connectivity index (χ2n) is 8.32. The summed E-state index contributed by atoms with van der Waals surface area (Å²) in [5, 5.41) is 10.3. The van der Waals surface area contributed by atoms with Gasteiger partial charge in [0, 0.05) is 32.4 Å². The molecule has 1 N–H and O–H groups in total. The SMILES string of the molecule is O=C(Cn1ccnn1)NC[C@@H]1CN(CC2CCN(CC3CC3)CC2)C(=O)CO1. The molecule has 2 amide bonds. The molecule has 0 spiro atoms. The number of amides is 2. The minimum atomic E-state index is -0.160. The molecule has 154 valence electrons. The van der Waals surface area contributed by atoms with Crippen LogP contribution in [0.5, 0.6) is 0 Å². The van der Waals surface area contributed by atoms with E-state index < -0.39 is 0 Å². The largest absolute Gasteiger partial charge is 0.365 e. The van der Waals surface area contributed by atoms with Gasteiger partial charge in [-0.25, -0.2) is 4.68 Å². The number of nitrogens with one attached hydrogen (secondary N) is 1. The number of piperidine rings is 1. The van der Waals surface area contributed by atoms with Crippen molar-refractivity contribution >= 4 is 11.8 Å². The average molecular weight is 390 g/mol. The molecule has 2 aliphatic heterocycles. The maximum atomic E-state index is 12.3. The fourth-order valence-corrected chi connectivity index (χ4v) is 4.06. The van der Waals surface area contributed by atoms with Gasteiger partial charge >= 0.3 is 0 Å². The van der Waals surface area contributed by atoms with Crippen LogP contribution in [0.2, 0.25) is 0 Å². The quantitative estimate of drug-likeness (QED) is 0.658. The highest BCUT2D eigenvalue weighted by Gasteiger charge is 2.31. The van der Waals surface area contributed by atoms with Gasteiger partial charge in [0.05, 0.1) is 12.3 Å². The summed E-state index contributed by atoms with van der Waals surface area (Å²) >= 11 is 0. The zero-order valence-electron chi connectivity index (χ0n) is 16.3. The molecule has 28 heavy (non-hydrogen) atoms. The lowest BCUT2D eigenvalue weighted by Gasteiger charge is -2.38. The van der Waals surface area contributed by atoms with Gasteiger partial charge in [-0.2, -0.15) is 0 Å². The number of rotatable bonds is 8. The van der Waals surface area contributed by atoms with Gasteiger partial charge < -0.3 is 19.9 Å². The Hall–Kier alpha value is -2.00. The van der Waals surface area contributed by atoms with Crippen molar-refractivity contribution in [1.29, 1.82) is 0 Å². The second-order valence-corrected chi connectivity index (χ2v) is 8.32. The Labute approximate surface area is 165 Å². The van der Waals surface area contributed by atoms with Crippen LogP contribution in [0.25, 0.3) is 0 Å². The first kappa shape index (κ1) is 19.3. The van der Waals surface area contributed by atoms with Crippen LogP contribution in [-0.4, -0.2) is 88.6 Å². The summed E-state index contributed by atoms with van der Waals surface area (Å²) < 4.78 is 7.09. The fourth-order valence-electron chi connectivity index (χ4n) is 4.06. The molecule has 1 aliphatic carbocycles. The Morgan fingerprint density at radius 2 is 1.96 bits per heavy atom. The van der Waals surface area contributed by atoms with Gasteiger partial charge in [0.15, 0.2) is 0 Å². The molecular formula is C19H30N6O3. The number of carbonyl (C=O) groups is 2. The lowest BCUT2D eigenvalue weighted by Crippen LogP contribution is -2.52. The first-order chi connectivity index (χ1) is 13.7. The smallest absolute Gasteiger partial charge is 0.248 e. The Morgan fingerprint density at radius 1 is 1.18 bits per heavy atom. The number of morpholine rings is 1. The van der Waals surface area contributed by atoms with Gasteiger partial charge in [0.1, 0.15) is 13.2 Å². The molecule has 3 aliphatic rings. The summed E-state index contributed by atoms with van der Waals surface area (Å²) in [6.07, 6.45) is 8.16. The van der Waals surface area contributed by atoms with E-state index >= 15 is 0 Å². The summed E-state index contributed by atoms with van der Waals surface area (Å²) in [6.45, 7) is 5.56. The monoisotopic (exact) mass is 390 g/mol. The zero-order valence-corrected chi connectivity index (χ0v) is 16.3. The number of hydrogen-bond donors (Lipinski definition) is 1. The summed E-state index contributed by atoms with van der Waals surface area (Å²) in [4.78, 5) is 28.8. The maximum absolute atomic E-state index is 12.3. The van der Waals surface area contributed by atoms with E-state index in [1.165, 1.54) is 30.3 Å². The molecule has 0 bridgehead atoms. The van der Waals surface area contributed by atoms with Crippen molar-refractivity contribution < 1.29 is 14.3 Å². The van der Waals surface area contributed by atoms with Crippen LogP contribution in [0.3, 0.4) is 0 Å². The molecular weight excluding hydrogens is 360 g/mol. The van der Waals surface area contributed by atoms with E-state index in [1.807, 2.05) is 4.90 Å². The number of nitrogens with zero attached hydrogens (tertiary/aromatic N) is 5. The van der Waals surface area contributed by atoms with Crippen molar-refractivity contribution in [3.8, 4) is 0 Å². The summed E-state index contributed by atoms with van der Waals surface area (Å²) in [7, 11) is 0. The Balaban J connectivity index is 1.18. The zero-order chi connectivity index (χ0) is 19.3. The predicted molar refractivity (Wildman–Crippen MR) is 101 cm³/mol. The third-order valence-corrected chi connectivity index (χ3v) is 5.92. The highest BCUT2D eigenvalue weighted by Crippen LogP contribution is 2.31. The van der Waals surface area contributed by atoms with E-state index in [0.717, 1.165) is 38.4 Å². The third-order valence-electron chi connectivity index (χ3n) is 5.92. The number of likely N-dealkylation sites (tertiary alicyclic amines) is 1. The van der Waals surface area contributed by atoms with E-state index in [9.17, 15) is 9.59 Å². The van der Waals surface area contributed by atoms with Crippen LogP contribution in [0, 0.1) is 11.8 Å². The normalized spacial score (nSPS) is 24.5. The van der Waals surface area contributed by atoms with Gasteiger partial charge in [-0.1, -0.05) is 5.21 Å². The Kier molecular flexibility index (Phi) is 6.21. The van der Waals surface area contributed by atoms with Crippen molar-refractivity contribution in [2.45, 2.75) is 38.3 Å². The third kappa shape index (κ3) is 5.51. The summed E-state index contributed by atoms with van der Waals surface area (Å²) in [5.41, 5.74) is 0. The lowest BCUT2D eigenvalue weighted by molar-refractivity contribution is -0.150. The molecule has 1 aromatic rings. The standard InChI is InChI=1S/C19H30N6O3/c26-18(13-25-8-5-21-22-25)20-9-17-12-24(19(27)14-28-17)11-16-3-6-23(7-4-16)10-15-1-2-15/h5,8,15-17H,1-4,6-7,9-14H2,(H,20,26)/t17-/m1/s1. The molecule has 1 aromatic heterocycles. The Morgan fingerprint density at radius 3 is 2.68 bits per heavy atom. The van der Waals surface area contributed by atoms with Crippen molar-refractivity contribution in [2.24, 2.45) is 11.8 Å². The highest BCUT2D eigenvalue weighted by molar-refractivity contribution is 5.78. The number of carbonyl (C=O) groups excluding carboxylic acids is 2. The minimum Gasteiger partial charge on any atom is -0.365 e. The van der Waals surface area contributed by atoms with E-state index in [0.29, 0.717) is 19.0 Å². The first-order valence-electron chi connectivity index (χ1n) is 10.4. The van der Waals surface area contributed by atoms with E-state index in [2.05, 4.69) is 20.5 Å². The van der Waals surface area contributed by atoms with Crippen LogP contribution in [-0.2, 0) is 20.9 Å². The average Bonchev–Trinajstić information content (AvgIpc) is 3.36. The maximum Gasteiger partial charge on any atom is 0.248 e. The molecule has 9 heteroatoms. The molecule has 9 nitrogen and oxygen atoms in total. The molecule has 2 saturated heterocycles. The molecule has 0 aromatic carbocycles. The van der Waals surface area contributed by atoms with E-state index in [1.54, 1.807) is 6.20 Å². The van der Waals surface area contributed by atoms with Gasteiger partial charge in [-0.15, -0.1) is 5.10 Å². The molecule has 3 fully saturated rings. The van der Waals surface area contributed by atoms with E-state index in [4.69, 9.17) is 4.74 Å². The molecule has 0 radical (unpaired) electrons. The van der Waals surface area contributed by atoms with Crippen LogP contribution in [0.15, 0.2) is 12.4 Å². The summed E-state index contributed by atoms with van der Waals surface area (Å²) in [5.74, 6) is 1.43. The number of hydrogen-bond acceptors (Lipinski definition) is 6. The Bertz CT molecular complexity index is 655. The van der Waals surface area contributed by atoms with Gasteiger partial charge in [-0.3, -0.25) is 9.59 Å². The highest BCUT2D eigenvalue weighted by atomic mass is 16.5. The van der Waals surface area contributed by atoms with Gasteiger partial charge in [0.25, 0.3) is 0 Å². The fraction of sp³-hybridized carbons (Fsp3) is 0.789. The molecule has 1 atom stereocenters. The second kappa shape index (κ2) is 9.00. The van der Waals surface area contributed by atoms with E-state index in [-0.39, 0.29) is 31.1 Å². The van der Waals surface area contributed by atoms with Crippen LogP contribution >= 0.6 is 0 Å². The van der Waals surface area contributed by atoms with Gasteiger partial charge in [-0.05, 0) is 50.6 Å². The minimum absolute atomic E-state index is 0.0607. The first-order valence-corrected chi connectivity index (χ1v) is 10.4. The lowest BCUT2D eigenvalue weighted by atomic mass is 9.95. The molecule has 0 unspecified atom stereocenters. The molecule has 3 heterocycles. The number of ether oxygens (including phenoxy) is 1. The van der Waals surface area contributed by atoms with Crippen molar-refractivity contribution in [1.82, 2.24) is 30.1 Å². The van der Waals surface area contributed by atoms with Crippen molar-refractivity contribution in [3.05, 3.63) is 12.4 Å². The van der Waals surface area contributed by atoms with Crippen molar-refractivity contribution in [2.75, 3.05) is 45.9 Å².